The first kappa shape index (κ1) is 25.1. The fraction of sp³-hybridized carbons (Fsp3) is 0.167. The number of nitrogens with zero attached hydrogens (tertiary/aromatic N) is 2. The van der Waals surface area contributed by atoms with Crippen LogP contribution in [0.15, 0.2) is 70.2 Å². The summed E-state index contributed by atoms with van der Waals surface area (Å²) in [5, 5.41) is 7.12. The van der Waals surface area contributed by atoms with Gasteiger partial charge in [0.2, 0.25) is 0 Å². The highest BCUT2D eigenvalue weighted by Crippen LogP contribution is 2.39. The highest BCUT2D eigenvalue weighted by atomic mass is 127. The van der Waals surface area contributed by atoms with Crippen LogP contribution in [0.5, 0.6) is 11.5 Å². The molecule has 2 amide bonds. The zero-order valence-corrected chi connectivity index (χ0v) is 24.2. The lowest BCUT2D eigenvalue weighted by Crippen LogP contribution is -2.36. The van der Waals surface area contributed by atoms with E-state index in [2.05, 4.69) is 43.6 Å². The third-order valence-electron chi connectivity index (χ3n) is 6.79. The van der Waals surface area contributed by atoms with Gasteiger partial charge in [-0.15, -0.1) is 0 Å². The van der Waals surface area contributed by atoms with Crippen LogP contribution in [-0.2, 0) is 19.4 Å². The number of amides is 2. The van der Waals surface area contributed by atoms with Crippen LogP contribution >= 0.6 is 38.5 Å². The molecule has 0 spiro atoms. The summed E-state index contributed by atoms with van der Waals surface area (Å²) in [6, 6.07) is 19.3. The number of hydrazone groups is 1. The van der Waals surface area contributed by atoms with Gasteiger partial charge in [-0.05, 0) is 106 Å². The SMILES string of the molecule is CCOc1cc(/C=N\N2C(=O)c3ccc4c5c(ccc(c35)C2=O)CC4)cc(I)c1OCc1ccc(Br)cc1. The van der Waals surface area contributed by atoms with E-state index < -0.39 is 11.8 Å². The van der Waals surface area contributed by atoms with E-state index in [4.69, 9.17) is 9.47 Å². The van der Waals surface area contributed by atoms with E-state index in [1.54, 1.807) is 6.07 Å². The topological polar surface area (TPSA) is 68.2 Å². The molecule has 0 atom stereocenters. The molecule has 1 aliphatic heterocycles. The first-order chi connectivity index (χ1) is 18.4. The number of carbonyl (C=O) groups is 2. The lowest BCUT2D eigenvalue weighted by atomic mass is 9.92. The van der Waals surface area contributed by atoms with Crippen molar-refractivity contribution >= 4 is 67.3 Å². The molecule has 190 valence electrons. The zero-order valence-electron chi connectivity index (χ0n) is 20.5. The third-order valence-corrected chi connectivity index (χ3v) is 8.12. The number of benzene rings is 4. The Morgan fingerprint density at radius 2 is 1.58 bits per heavy atom. The molecule has 0 radical (unpaired) electrons. The summed E-state index contributed by atoms with van der Waals surface area (Å²) < 4.78 is 13.8. The minimum absolute atomic E-state index is 0.391. The number of carbonyl (C=O) groups excluding carboxylic acids is 2. The maximum absolute atomic E-state index is 13.4. The highest BCUT2D eigenvalue weighted by Gasteiger charge is 2.35. The highest BCUT2D eigenvalue weighted by molar-refractivity contribution is 14.1. The van der Waals surface area contributed by atoms with E-state index in [9.17, 15) is 9.59 Å². The first-order valence-corrected chi connectivity index (χ1v) is 14.2. The average Bonchev–Trinajstić information content (AvgIpc) is 3.34. The molecule has 0 saturated carbocycles. The lowest BCUT2D eigenvalue weighted by Gasteiger charge is -2.23. The number of imide groups is 1. The zero-order chi connectivity index (χ0) is 26.4. The van der Waals surface area contributed by atoms with Crippen molar-refractivity contribution < 1.29 is 19.1 Å². The molecule has 0 aromatic heterocycles. The molecule has 0 N–H and O–H groups in total. The van der Waals surface area contributed by atoms with Crippen molar-refractivity contribution in [3.8, 4) is 11.5 Å². The van der Waals surface area contributed by atoms with E-state index in [0.29, 0.717) is 41.4 Å². The number of halogens is 2. The summed E-state index contributed by atoms with van der Waals surface area (Å²) in [6.07, 6.45) is 3.38. The number of hydrogen-bond donors (Lipinski definition) is 0. The van der Waals surface area contributed by atoms with Crippen LogP contribution in [0.25, 0.3) is 10.8 Å². The van der Waals surface area contributed by atoms with Crippen molar-refractivity contribution in [2.24, 2.45) is 5.10 Å². The van der Waals surface area contributed by atoms with Crippen LogP contribution in [0.3, 0.4) is 0 Å². The first-order valence-electron chi connectivity index (χ1n) is 12.3. The van der Waals surface area contributed by atoms with Crippen LogP contribution in [0.2, 0.25) is 0 Å². The van der Waals surface area contributed by atoms with Gasteiger partial charge in [-0.1, -0.05) is 40.2 Å². The molecule has 6 nitrogen and oxygen atoms in total. The van der Waals surface area contributed by atoms with Gasteiger partial charge >= 0.3 is 0 Å². The second kappa shape index (κ2) is 10.1. The van der Waals surface area contributed by atoms with Crippen LogP contribution in [0.4, 0.5) is 0 Å². The Hall–Kier alpha value is -3.24. The molecule has 2 aliphatic rings. The average molecular weight is 681 g/mol. The lowest BCUT2D eigenvalue weighted by molar-refractivity contribution is 0.0616. The third kappa shape index (κ3) is 4.39. The Morgan fingerprint density at radius 1 is 0.921 bits per heavy atom. The van der Waals surface area contributed by atoms with Crippen LogP contribution < -0.4 is 9.47 Å². The Bertz CT molecular complexity index is 1590. The quantitative estimate of drug-likeness (QED) is 0.121. The largest absolute Gasteiger partial charge is 0.490 e. The van der Waals surface area contributed by atoms with Gasteiger partial charge in [-0.2, -0.15) is 10.1 Å². The molecule has 1 aliphatic carbocycles. The van der Waals surface area contributed by atoms with Crippen molar-refractivity contribution in [2.45, 2.75) is 26.4 Å². The Morgan fingerprint density at radius 3 is 2.21 bits per heavy atom. The molecular weight excluding hydrogens is 659 g/mol. The molecule has 0 unspecified atom stereocenters. The molecule has 0 fully saturated rings. The number of rotatable bonds is 7. The van der Waals surface area contributed by atoms with Crippen LogP contribution in [0, 0.1) is 3.57 Å². The predicted molar refractivity (Wildman–Crippen MR) is 158 cm³/mol. The number of ether oxygens (including phenoxy) is 2. The molecule has 1 heterocycles. The molecular formula is C30H22BrIN2O4. The van der Waals surface area contributed by atoms with Gasteiger partial charge in [0.25, 0.3) is 11.8 Å². The van der Waals surface area contributed by atoms with E-state index in [0.717, 1.165) is 42.2 Å². The molecule has 38 heavy (non-hydrogen) atoms. The van der Waals surface area contributed by atoms with Crippen molar-refractivity contribution in [2.75, 3.05) is 6.61 Å². The van der Waals surface area contributed by atoms with E-state index in [1.165, 1.54) is 17.3 Å². The molecule has 4 aromatic carbocycles. The van der Waals surface area contributed by atoms with E-state index in [-0.39, 0.29) is 0 Å². The minimum atomic E-state index is -0.413. The van der Waals surface area contributed by atoms with Crippen LogP contribution in [-0.4, -0.2) is 29.6 Å². The summed E-state index contributed by atoms with van der Waals surface area (Å²) >= 11 is 5.64. The molecule has 0 bridgehead atoms. The molecule has 4 aromatic rings. The normalized spacial score (nSPS) is 14.1. The summed E-state index contributed by atoms with van der Waals surface area (Å²) in [6.45, 7) is 2.75. The summed E-state index contributed by atoms with van der Waals surface area (Å²) in [5.74, 6) is 0.380. The fourth-order valence-corrected chi connectivity index (χ4v) is 6.08. The Balaban J connectivity index is 1.29. The van der Waals surface area contributed by atoms with Crippen molar-refractivity contribution in [3.63, 3.8) is 0 Å². The Labute approximate surface area is 241 Å². The van der Waals surface area contributed by atoms with Gasteiger partial charge in [0, 0.05) is 9.86 Å². The maximum Gasteiger partial charge on any atom is 0.282 e. The molecule has 6 rings (SSSR count). The maximum atomic E-state index is 13.4. The van der Waals surface area contributed by atoms with Gasteiger partial charge in [-0.25, -0.2) is 0 Å². The summed E-state index contributed by atoms with van der Waals surface area (Å²) in [4.78, 5) is 26.7. The smallest absolute Gasteiger partial charge is 0.282 e. The second-order valence-corrected chi connectivity index (χ2v) is 11.2. The monoisotopic (exact) mass is 680 g/mol. The van der Waals surface area contributed by atoms with Crippen molar-refractivity contribution in [3.05, 3.63) is 102 Å². The van der Waals surface area contributed by atoms with Gasteiger partial charge in [0.15, 0.2) is 11.5 Å². The van der Waals surface area contributed by atoms with Crippen molar-refractivity contribution in [1.29, 1.82) is 0 Å². The van der Waals surface area contributed by atoms with Gasteiger partial charge in [0.1, 0.15) is 6.61 Å². The van der Waals surface area contributed by atoms with Crippen molar-refractivity contribution in [1.82, 2.24) is 5.01 Å². The van der Waals surface area contributed by atoms with Gasteiger partial charge < -0.3 is 9.47 Å². The second-order valence-electron chi connectivity index (χ2n) is 9.14. The number of aryl methyl sites for hydroxylation is 2. The standard InChI is InChI=1S/C30H22BrIN2O4/c1-2-37-25-14-18(13-24(32)28(25)38-16-17-3-9-21(31)10-4-17)15-33-34-29(35)22-11-7-19-5-6-20-8-12-23(30(34)36)27(22)26(19)20/h3-4,7-15H,2,5-6,16H2,1H3/b33-15-. The Kier molecular flexibility index (Phi) is 6.69. The van der Waals surface area contributed by atoms with Gasteiger partial charge in [0.05, 0.1) is 27.5 Å². The number of hydrogen-bond acceptors (Lipinski definition) is 5. The predicted octanol–water partition coefficient (Wildman–Crippen LogP) is 6.91. The summed E-state index contributed by atoms with van der Waals surface area (Å²) in [5.41, 5.74) is 5.14. The minimum Gasteiger partial charge on any atom is -0.490 e. The molecule has 0 saturated heterocycles. The van der Waals surface area contributed by atoms with E-state index >= 15 is 0 Å². The summed E-state index contributed by atoms with van der Waals surface area (Å²) in [7, 11) is 0. The van der Waals surface area contributed by atoms with Crippen LogP contribution in [0.1, 0.15) is 49.9 Å². The van der Waals surface area contributed by atoms with E-state index in [1.807, 2.05) is 61.5 Å². The van der Waals surface area contributed by atoms with Gasteiger partial charge in [-0.3, -0.25) is 9.59 Å². The molecule has 8 heteroatoms. The fourth-order valence-electron chi connectivity index (χ4n) is 5.04.